The summed E-state index contributed by atoms with van der Waals surface area (Å²) in [6, 6.07) is 9.36. The lowest BCUT2D eigenvalue weighted by Crippen LogP contribution is -2.32. The summed E-state index contributed by atoms with van der Waals surface area (Å²) in [5.74, 6) is 2.23. The average Bonchev–Trinajstić information content (AvgIpc) is 3.42. The number of furan rings is 1. The second-order valence-electron chi connectivity index (χ2n) is 8.16. The number of rotatable bonds is 5. The van der Waals surface area contributed by atoms with Gasteiger partial charge < -0.3 is 14.6 Å². The summed E-state index contributed by atoms with van der Waals surface area (Å²) in [4.78, 5) is 7.02. The lowest BCUT2D eigenvalue weighted by Gasteiger charge is -2.20. The highest BCUT2D eigenvalue weighted by molar-refractivity contribution is 9.10. The number of halogens is 1. The van der Waals surface area contributed by atoms with Crippen molar-refractivity contribution in [3.8, 4) is 0 Å². The van der Waals surface area contributed by atoms with Gasteiger partial charge in [0.15, 0.2) is 0 Å². The predicted octanol–water partition coefficient (Wildman–Crippen LogP) is 3.38. The van der Waals surface area contributed by atoms with Crippen molar-refractivity contribution >= 4 is 42.5 Å². The summed E-state index contributed by atoms with van der Waals surface area (Å²) < 4.78 is 34.9. The summed E-state index contributed by atoms with van der Waals surface area (Å²) in [6.45, 7) is 3.53. The number of anilines is 1. The molecule has 5 rings (SSSR count). The Hall–Kier alpha value is -1.94. The summed E-state index contributed by atoms with van der Waals surface area (Å²) in [5.41, 5.74) is 0. The van der Waals surface area contributed by atoms with E-state index in [1.165, 1.54) is 6.20 Å². The zero-order chi connectivity index (χ0) is 20.9. The third-order valence-corrected chi connectivity index (χ3v) is 8.43. The molecule has 0 saturated carbocycles. The molecule has 2 atom stereocenters. The highest BCUT2D eigenvalue weighted by Gasteiger charge is 2.43. The van der Waals surface area contributed by atoms with Gasteiger partial charge in [-0.25, -0.2) is 13.4 Å². The SMILES string of the molecule is CN1C[C@@H]2CN(S(=O)(=O)c3cnc(NCc4ccco4)c4ccc(Br)cc34)C[C@@H]2C1. The van der Waals surface area contributed by atoms with Crippen molar-refractivity contribution in [2.45, 2.75) is 11.4 Å². The first-order valence-electron chi connectivity index (χ1n) is 9.95. The molecule has 1 aromatic carbocycles. The fourth-order valence-corrected chi connectivity index (χ4v) is 6.69. The average molecular weight is 491 g/mol. The molecule has 1 N–H and O–H groups in total. The number of pyridine rings is 1. The molecular formula is C21H23BrN4O3S. The minimum Gasteiger partial charge on any atom is -0.467 e. The van der Waals surface area contributed by atoms with Gasteiger partial charge in [0.25, 0.3) is 0 Å². The zero-order valence-corrected chi connectivity index (χ0v) is 19.0. The van der Waals surface area contributed by atoms with Gasteiger partial charge in [-0.1, -0.05) is 15.9 Å². The third kappa shape index (κ3) is 3.53. The monoisotopic (exact) mass is 490 g/mol. The molecule has 2 aliphatic rings. The fraction of sp³-hybridized carbons (Fsp3) is 0.381. The van der Waals surface area contributed by atoms with Gasteiger partial charge in [0.1, 0.15) is 16.5 Å². The Kier molecular flexibility index (Phi) is 5.09. The van der Waals surface area contributed by atoms with Crippen LogP contribution in [0.3, 0.4) is 0 Å². The van der Waals surface area contributed by atoms with E-state index in [9.17, 15) is 8.42 Å². The molecule has 0 spiro atoms. The molecular weight excluding hydrogens is 468 g/mol. The molecule has 0 amide bonds. The zero-order valence-electron chi connectivity index (χ0n) is 16.6. The van der Waals surface area contributed by atoms with Gasteiger partial charge in [-0.3, -0.25) is 0 Å². The minimum absolute atomic E-state index is 0.260. The first-order valence-corrected chi connectivity index (χ1v) is 12.2. The molecule has 0 aliphatic carbocycles. The Balaban J connectivity index is 1.50. The van der Waals surface area contributed by atoms with Gasteiger partial charge in [-0.05, 0) is 49.2 Å². The normalized spacial score (nSPS) is 22.6. The summed E-state index contributed by atoms with van der Waals surface area (Å²) in [5, 5.41) is 4.69. The van der Waals surface area contributed by atoms with Gasteiger partial charge in [0, 0.05) is 47.6 Å². The second-order valence-corrected chi connectivity index (χ2v) is 11.0. The van der Waals surface area contributed by atoms with E-state index < -0.39 is 10.0 Å². The topological polar surface area (TPSA) is 78.7 Å². The highest BCUT2D eigenvalue weighted by atomic mass is 79.9. The highest BCUT2D eigenvalue weighted by Crippen LogP contribution is 2.37. The van der Waals surface area contributed by atoms with Gasteiger partial charge in [0.2, 0.25) is 10.0 Å². The lowest BCUT2D eigenvalue weighted by molar-refractivity contribution is 0.349. The van der Waals surface area contributed by atoms with Crippen LogP contribution in [0, 0.1) is 11.8 Å². The van der Waals surface area contributed by atoms with Crippen LogP contribution in [0.25, 0.3) is 10.8 Å². The number of nitrogens with one attached hydrogen (secondary N) is 1. The van der Waals surface area contributed by atoms with Gasteiger partial charge in [0.05, 0.1) is 12.8 Å². The maximum absolute atomic E-state index is 13.5. The molecule has 7 nitrogen and oxygen atoms in total. The van der Waals surface area contributed by atoms with Gasteiger partial charge >= 0.3 is 0 Å². The molecule has 30 heavy (non-hydrogen) atoms. The van der Waals surface area contributed by atoms with Crippen LogP contribution in [0.1, 0.15) is 5.76 Å². The quantitative estimate of drug-likeness (QED) is 0.590. The Morgan fingerprint density at radius 3 is 2.63 bits per heavy atom. The minimum atomic E-state index is -3.63. The summed E-state index contributed by atoms with van der Waals surface area (Å²) >= 11 is 3.49. The van der Waals surface area contributed by atoms with Crippen LogP contribution in [-0.4, -0.2) is 55.8 Å². The van der Waals surface area contributed by atoms with Crippen LogP contribution in [0.2, 0.25) is 0 Å². The molecule has 2 fully saturated rings. The first kappa shape index (κ1) is 20.0. The van der Waals surface area contributed by atoms with E-state index in [4.69, 9.17) is 4.42 Å². The number of benzene rings is 1. The van der Waals surface area contributed by atoms with Crippen molar-refractivity contribution in [2.75, 3.05) is 38.5 Å². The van der Waals surface area contributed by atoms with E-state index in [0.29, 0.717) is 42.7 Å². The third-order valence-electron chi connectivity index (χ3n) is 6.08. The van der Waals surface area contributed by atoms with Crippen LogP contribution in [0.15, 0.2) is 56.6 Å². The molecule has 158 valence electrons. The van der Waals surface area contributed by atoms with Crippen molar-refractivity contribution in [3.63, 3.8) is 0 Å². The van der Waals surface area contributed by atoms with Crippen molar-refractivity contribution in [1.82, 2.24) is 14.2 Å². The number of hydrogen-bond donors (Lipinski definition) is 1. The van der Waals surface area contributed by atoms with Crippen molar-refractivity contribution < 1.29 is 12.8 Å². The van der Waals surface area contributed by atoms with Gasteiger partial charge in [-0.15, -0.1) is 0 Å². The number of likely N-dealkylation sites (tertiary alicyclic amines) is 1. The predicted molar refractivity (Wildman–Crippen MR) is 119 cm³/mol. The van der Waals surface area contributed by atoms with E-state index in [-0.39, 0.29) is 4.90 Å². The molecule has 2 aliphatic heterocycles. The molecule has 3 aromatic rings. The van der Waals surface area contributed by atoms with Crippen LogP contribution in [-0.2, 0) is 16.6 Å². The molecule has 0 unspecified atom stereocenters. The van der Waals surface area contributed by atoms with E-state index in [1.54, 1.807) is 10.6 Å². The number of aromatic nitrogens is 1. The summed E-state index contributed by atoms with van der Waals surface area (Å²) in [6.07, 6.45) is 3.10. The Morgan fingerprint density at radius 2 is 1.93 bits per heavy atom. The standard InChI is InChI=1S/C21H23BrN4O3S/c1-25-10-14-12-26(13-15(14)11-25)30(27,28)20-9-24-21(23-8-17-3-2-6-29-17)18-5-4-16(22)7-19(18)20/h2-7,9,14-15H,8,10-13H2,1H3,(H,23,24)/t14-,15+. The Morgan fingerprint density at radius 1 is 1.17 bits per heavy atom. The van der Waals surface area contributed by atoms with Crippen molar-refractivity contribution in [2.24, 2.45) is 11.8 Å². The number of sulfonamides is 1. The maximum Gasteiger partial charge on any atom is 0.245 e. The summed E-state index contributed by atoms with van der Waals surface area (Å²) in [7, 11) is -1.53. The first-order chi connectivity index (χ1) is 14.4. The molecule has 2 saturated heterocycles. The Bertz CT molecular complexity index is 1170. The van der Waals surface area contributed by atoms with Crippen LogP contribution in [0.5, 0.6) is 0 Å². The van der Waals surface area contributed by atoms with Gasteiger partial charge in [-0.2, -0.15) is 4.31 Å². The van der Waals surface area contributed by atoms with E-state index in [2.05, 4.69) is 38.2 Å². The number of fused-ring (bicyclic) bond motifs is 2. The van der Waals surface area contributed by atoms with Crippen LogP contribution < -0.4 is 5.32 Å². The molecule has 0 bridgehead atoms. The van der Waals surface area contributed by atoms with E-state index >= 15 is 0 Å². The van der Waals surface area contributed by atoms with Crippen molar-refractivity contribution in [3.05, 3.63) is 53.0 Å². The molecule has 2 aromatic heterocycles. The van der Waals surface area contributed by atoms with Crippen LogP contribution in [0.4, 0.5) is 5.82 Å². The molecule has 9 heteroatoms. The number of hydrogen-bond acceptors (Lipinski definition) is 6. The second kappa shape index (κ2) is 7.64. The molecule has 0 radical (unpaired) electrons. The molecule has 4 heterocycles. The maximum atomic E-state index is 13.5. The van der Waals surface area contributed by atoms with Crippen molar-refractivity contribution in [1.29, 1.82) is 0 Å². The number of nitrogens with zero attached hydrogens (tertiary/aromatic N) is 3. The lowest BCUT2D eigenvalue weighted by atomic mass is 10.0. The Labute approximate surface area is 184 Å². The van der Waals surface area contributed by atoms with E-state index in [1.807, 2.05) is 30.3 Å². The fourth-order valence-electron chi connectivity index (χ4n) is 4.64. The smallest absolute Gasteiger partial charge is 0.245 e. The van der Waals surface area contributed by atoms with Crippen LogP contribution >= 0.6 is 15.9 Å². The largest absolute Gasteiger partial charge is 0.467 e. The van der Waals surface area contributed by atoms with E-state index in [0.717, 1.165) is 28.7 Å².